The Morgan fingerprint density at radius 3 is 2.56 bits per heavy atom. The highest BCUT2D eigenvalue weighted by atomic mass is 79.9. The van der Waals surface area contributed by atoms with Gasteiger partial charge in [0.25, 0.3) is 11.1 Å². The summed E-state index contributed by atoms with van der Waals surface area (Å²) in [5, 5.41) is 8.50. The molecule has 2 rings (SSSR count). The average Bonchev–Trinajstić information content (AvgIpc) is 2.89. The van der Waals surface area contributed by atoms with E-state index in [-0.39, 0.29) is 22.9 Å². The van der Waals surface area contributed by atoms with Crippen molar-refractivity contribution in [3.63, 3.8) is 0 Å². The standard InChI is InChI=1S/C18H20BrNO6S/c1-4-10(3)20-17(23)15(27-18(20)24)7-11-6-13(25-5-2)14(8-12(11)19)26-9-16(21)22/h6-8,10H,4-5,9H2,1-3H3,(H,21,22)/b15-7+. The van der Waals surface area contributed by atoms with Crippen molar-refractivity contribution in [2.45, 2.75) is 33.2 Å². The molecule has 1 aliphatic heterocycles. The van der Waals surface area contributed by atoms with E-state index < -0.39 is 12.6 Å². The number of carboxylic acids is 1. The van der Waals surface area contributed by atoms with Gasteiger partial charge in [0, 0.05) is 10.5 Å². The molecule has 1 saturated heterocycles. The zero-order valence-electron chi connectivity index (χ0n) is 15.2. The molecule has 27 heavy (non-hydrogen) atoms. The zero-order valence-corrected chi connectivity index (χ0v) is 17.6. The van der Waals surface area contributed by atoms with Crippen LogP contribution in [0.2, 0.25) is 0 Å². The predicted molar refractivity (Wildman–Crippen MR) is 106 cm³/mol. The minimum atomic E-state index is -1.10. The summed E-state index contributed by atoms with van der Waals surface area (Å²) >= 11 is 4.29. The van der Waals surface area contributed by atoms with Gasteiger partial charge in [-0.1, -0.05) is 22.9 Å². The van der Waals surface area contributed by atoms with E-state index >= 15 is 0 Å². The number of aliphatic carboxylic acids is 1. The van der Waals surface area contributed by atoms with Gasteiger partial charge in [0.05, 0.1) is 11.5 Å². The lowest BCUT2D eigenvalue weighted by Gasteiger charge is -2.19. The third-order valence-corrected chi connectivity index (χ3v) is 5.43. The second-order valence-corrected chi connectivity index (χ2v) is 7.59. The number of nitrogens with zero attached hydrogens (tertiary/aromatic N) is 1. The number of rotatable bonds is 8. The van der Waals surface area contributed by atoms with Gasteiger partial charge in [-0.25, -0.2) is 4.79 Å². The monoisotopic (exact) mass is 457 g/mol. The van der Waals surface area contributed by atoms with Gasteiger partial charge in [-0.3, -0.25) is 14.5 Å². The lowest BCUT2D eigenvalue weighted by atomic mass is 10.1. The molecule has 1 unspecified atom stereocenters. The van der Waals surface area contributed by atoms with E-state index in [1.807, 2.05) is 13.8 Å². The molecule has 1 aromatic rings. The topological polar surface area (TPSA) is 93.1 Å². The lowest BCUT2D eigenvalue weighted by molar-refractivity contribution is -0.139. The van der Waals surface area contributed by atoms with E-state index in [9.17, 15) is 14.4 Å². The summed E-state index contributed by atoms with van der Waals surface area (Å²) in [5.74, 6) is -0.794. The smallest absolute Gasteiger partial charge is 0.341 e. The molecule has 1 N–H and O–H groups in total. The van der Waals surface area contributed by atoms with Crippen molar-refractivity contribution in [2.24, 2.45) is 0 Å². The Labute approximate surface area is 169 Å². The van der Waals surface area contributed by atoms with Crippen LogP contribution in [0, 0.1) is 0 Å². The zero-order chi connectivity index (χ0) is 20.1. The minimum Gasteiger partial charge on any atom is -0.490 e. The number of carbonyl (C=O) groups is 3. The maximum absolute atomic E-state index is 12.6. The van der Waals surface area contributed by atoms with Gasteiger partial charge >= 0.3 is 5.97 Å². The number of ether oxygens (including phenoxy) is 2. The highest BCUT2D eigenvalue weighted by Gasteiger charge is 2.37. The van der Waals surface area contributed by atoms with Crippen molar-refractivity contribution in [3.8, 4) is 11.5 Å². The molecule has 1 aromatic carbocycles. The SMILES string of the molecule is CCOc1cc(/C=C2/SC(=O)N(C(C)CC)C2=O)c(Br)cc1OCC(=O)O. The van der Waals surface area contributed by atoms with Gasteiger partial charge in [0.15, 0.2) is 18.1 Å². The van der Waals surface area contributed by atoms with Crippen LogP contribution >= 0.6 is 27.7 Å². The van der Waals surface area contributed by atoms with Crippen LogP contribution in [0.3, 0.4) is 0 Å². The Hall–Kier alpha value is -2.00. The summed E-state index contributed by atoms with van der Waals surface area (Å²) in [5.41, 5.74) is 0.621. The number of halogens is 1. The summed E-state index contributed by atoms with van der Waals surface area (Å²) in [6.45, 7) is 5.39. The van der Waals surface area contributed by atoms with Crippen molar-refractivity contribution in [1.29, 1.82) is 0 Å². The predicted octanol–water partition coefficient (Wildman–Crippen LogP) is 4.15. The number of amides is 2. The number of carbonyl (C=O) groups excluding carboxylic acids is 2. The van der Waals surface area contributed by atoms with Crippen LogP contribution in [0.4, 0.5) is 4.79 Å². The van der Waals surface area contributed by atoms with Crippen LogP contribution in [0.5, 0.6) is 11.5 Å². The highest BCUT2D eigenvalue weighted by molar-refractivity contribution is 9.10. The first-order valence-electron chi connectivity index (χ1n) is 8.36. The quantitative estimate of drug-likeness (QED) is 0.585. The molecule has 146 valence electrons. The molecule has 1 atom stereocenters. The average molecular weight is 458 g/mol. The fraction of sp³-hybridized carbons (Fsp3) is 0.389. The van der Waals surface area contributed by atoms with Gasteiger partial charge in [-0.2, -0.15) is 0 Å². The third-order valence-electron chi connectivity index (χ3n) is 3.86. The van der Waals surface area contributed by atoms with Crippen molar-refractivity contribution in [3.05, 3.63) is 27.1 Å². The van der Waals surface area contributed by atoms with E-state index in [0.717, 1.165) is 11.8 Å². The number of thioether (sulfide) groups is 1. The number of imide groups is 1. The van der Waals surface area contributed by atoms with Gasteiger partial charge in [-0.05, 0) is 55.8 Å². The second-order valence-electron chi connectivity index (χ2n) is 5.74. The molecular formula is C18H20BrNO6S. The molecule has 0 radical (unpaired) electrons. The van der Waals surface area contributed by atoms with Crippen molar-refractivity contribution >= 4 is 50.9 Å². The summed E-state index contributed by atoms with van der Waals surface area (Å²) in [4.78, 5) is 37.0. The molecule has 0 aliphatic carbocycles. The van der Waals surface area contributed by atoms with Crippen LogP contribution in [0.1, 0.15) is 32.8 Å². The molecule has 1 fully saturated rings. The first-order chi connectivity index (χ1) is 12.8. The van der Waals surface area contributed by atoms with Crippen molar-refractivity contribution < 1.29 is 29.0 Å². The first-order valence-corrected chi connectivity index (χ1v) is 9.97. The largest absolute Gasteiger partial charge is 0.490 e. The Balaban J connectivity index is 2.37. The molecule has 1 heterocycles. The third kappa shape index (κ3) is 5.04. The second kappa shape index (κ2) is 9.27. The maximum atomic E-state index is 12.6. The molecule has 2 amide bonds. The van der Waals surface area contributed by atoms with Crippen LogP contribution < -0.4 is 9.47 Å². The van der Waals surface area contributed by atoms with Gasteiger partial charge in [0.1, 0.15) is 0 Å². The Morgan fingerprint density at radius 2 is 1.96 bits per heavy atom. The molecular weight excluding hydrogens is 438 g/mol. The van der Waals surface area contributed by atoms with E-state index in [4.69, 9.17) is 14.6 Å². The lowest BCUT2D eigenvalue weighted by Crippen LogP contribution is -2.36. The van der Waals surface area contributed by atoms with Gasteiger partial charge in [-0.15, -0.1) is 0 Å². The molecule has 0 spiro atoms. The molecule has 9 heteroatoms. The molecule has 0 bridgehead atoms. The fourth-order valence-electron chi connectivity index (χ4n) is 2.37. The summed E-state index contributed by atoms with van der Waals surface area (Å²) < 4.78 is 11.4. The number of hydrogen-bond acceptors (Lipinski definition) is 6. The fourth-order valence-corrected chi connectivity index (χ4v) is 3.72. The Morgan fingerprint density at radius 1 is 1.30 bits per heavy atom. The van der Waals surface area contributed by atoms with E-state index in [0.29, 0.717) is 33.7 Å². The number of hydrogen-bond donors (Lipinski definition) is 1. The molecule has 0 aromatic heterocycles. The Kier molecular flexibility index (Phi) is 7.32. The van der Waals surface area contributed by atoms with E-state index in [1.165, 1.54) is 4.90 Å². The highest BCUT2D eigenvalue weighted by Crippen LogP contribution is 2.38. The van der Waals surface area contributed by atoms with Crippen molar-refractivity contribution in [1.82, 2.24) is 4.90 Å². The van der Waals surface area contributed by atoms with Gasteiger partial charge < -0.3 is 14.6 Å². The molecule has 1 aliphatic rings. The summed E-state index contributed by atoms with van der Waals surface area (Å²) in [6, 6.07) is 3.05. The number of benzene rings is 1. The van der Waals surface area contributed by atoms with E-state index in [2.05, 4.69) is 15.9 Å². The molecule has 7 nitrogen and oxygen atoms in total. The number of carboxylic acid groups (broad SMARTS) is 1. The Bertz CT molecular complexity index is 794. The normalized spacial score (nSPS) is 16.7. The first kappa shape index (κ1) is 21.3. The van der Waals surface area contributed by atoms with Gasteiger partial charge in [0.2, 0.25) is 0 Å². The maximum Gasteiger partial charge on any atom is 0.341 e. The summed E-state index contributed by atoms with van der Waals surface area (Å²) in [6.07, 6.45) is 2.29. The van der Waals surface area contributed by atoms with Crippen LogP contribution in [0.25, 0.3) is 6.08 Å². The minimum absolute atomic E-state index is 0.169. The van der Waals surface area contributed by atoms with E-state index in [1.54, 1.807) is 25.1 Å². The van der Waals surface area contributed by atoms with Crippen LogP contribution in [-0.2, 0) is 9.59 Å². The summed E-state index contributed by atoms with van der Waals surface area (Å²) in [7, 11) is 0. The van der Waals surface area contributed by atoms with Crippen LogP contribution in [0.15, 0.2) is 21.5 Å². The molecule has 0 saturated carbocycles. The van der Waals surface area contributed by atoms with Crippen LogP contribution in [-0.4, -0.2) is 46.4 Å². The van der Waals surface area contributed by atoms with Crippen molar-refractivity contribution in [2.75, 3.05) is 13.2 Å².